The largest absolute Gasteiger partial charge is 0.338 e. The zero-order valence-electron chi connectivity index (χ0n) is 9.21. The van der Waals surface area contributed by atoms with E-state index in [9.17, 15) is 4.79 Å². The number of aromatic nitrogens is 2. The van der Waals surface area contributed by atoms with Gasteiger partial charge in [-0.25, -0.2) is 4.98 Å². The monoisotopic (exact) mass is 341 g/mol. The van der Waals surface area contributed by atoms with Crippen molar-refractivity contribution in [3.8, 4) is 0 Å². The number of carbonyl (C=O) groups is 1. The SMILES string of the molecule is O=CN1CCCC1c1ccn2c(I)cnc2c1. The van der Waals surface area contributed by atoms with Crippen LogP contribution in [0.4, 0.5) is 0 Å². The number of nitrogens with zero attached hydrogens (tertiary/aromatic N) is 3. The lowest BCUT2D eigenvalue weighted by Gasteiger charge is -2.20. The zero-order chi connectivity index (χ0) is 11.8. The first-order chi connectivity index (χ1) is 8.29. The Morgan fingerprint density at radius 2 is 2.41 bits per heavy atom. The molecule has 0 spiro atoms. The van der Waals surface area contributed by atoms with Crippen LogP contribution < -0.4 is 0 Å². The number of hydrogen-bond acceptors (Lipinski definition) is 2. The number of fused-ring (bicyclic) bond motifs is 1. The van der Waals surface area contributed by atoms with E-state index in [2.05, 4.69) is 39.7 Å². The van der Waals surface area contributed by atoms with Gasteiger partial charge in [0.2, 0.25) is 6.41 Å². The van der Waals surface area contributed by atoms with Gasteiger partial charge in [0, 0.05) is 12.7 Å². The second kappa shape index (κ2) is 4.29. The molecule has 0 bridgehead atoms. The molecule has 4 nitrogen and oxygen atoms in total. The standard InChI is InChI=1S/C12H12IN3O/c13-11-7-14-12-6-9(3-5-16(11)12)10-2-1-4-15(10)8-17/h3,5-8,10H,1-2,4H2. The number of amides is 1. The Kier molecular flexibility index (Phi) is 2.78. The molecule has 0 saturated carbocycles. The first-order valence-corrected chi connectivity index (χ1v) is 6.71. The van der Waals surface area contributed by atoms with E-state index in [-0.39, 0.29) is 6.04 Å². The second-order valence-electron chi connectivity index (χ2n) is 4.27. The number of likely N-dealkylation sites (tertiary alicyclic amines) is 1. The molecular formula is C12H12IN3O. The maximum absolute atomic E-state index is 11.0. The fraction of sp³-hybridized carbons (Fsp3) is 0.333. The van der Waals surface area contributed by atoms with E-state index in [1.807, 2.05) is 21.7 Å². The fourth-order valence-electron chi connectivity index (χ4n) is 2.45. The molecule has 0 aromatic carbocycles. The molecule has 88 valence electrons. The quantitative estimate of drug-likeness (QED) is 0.621. The van der Waals surface area contributed by atoms with Crippen LogP contribution in [0.1, 0.15) is 24.4 Å². The number of rotatable bonds is 2. The van der Waals surface area contributed by atoms with Gasteiger partial charge in [0.1, 0.15) is 9.35 Å². The predicted molar refractivity (Wildman–Crippen MR) is 72.7 cm³/mol. The highest BCUT2D eigenvalue weighted by molar-refractivity contribution is 14.1. The molecule has 1 aliphatic rings. The molecule has 5 heteroatoms. The van der Waals surface area contributed by atoms with Gasteiger partial charge in [-0.1, -0.05) is 0 Å². The first-order valence-electron chi connectivity index (χ1n) is 5.63. The van der Waals surface area contributed by atoms with Crippen LogP contribution in [0, 0.1) is 3.70 Å². The Labute approximate surface area is 113 Å². The van der Waals surface area contributed by atoms with E-state index in [0.29, 0.717) is 0 Å². The molecule has 1 unspecified atom stereocenters. The van der Waals surface area contributed by atoms with Crippen LogP contribution in [-0.4, -0.2) is 27.2 Å². The van der Waals surface area contributed by atoms with E-state index in [4.69, 9.17) is 0 Å². The predicted octanol–water partition coefficient (Wildman–Crippen LogP) is 2.23. The molecule has 2 aromatic rings. The van der Waals surface area contributed by atoms with Crippen LogP contribution in [-0.2, 0) is 4.79 Å². The summed E-state index contributed by atoms with van der Waals surface area (Å²) in [7, 11) is 0. The average Bonchev–Trinajstić information content (AvgIpc) is 2.96. The van der Waals surface area contributed by atoms with Gasteiger partial charge in [0.05, 0.1) is 12.2 Å². The third-order valence-corrected chi connectivity index (χ3v) is 4.10. The highest BCUT2D eigenvalue weighted by Crippen LogP contribution is 2.31. The summed E-state index contributed by atoms with van der Waals surface area (Å²) in [5.41, 5.74) is 2.13. The van der Waals surface area contributed by atoms with Crippen molar-refractivity contribution >= 4 is 34.6 Å². The van der Waals surface area contributed by atoms with Gasteiger partial charge in [-0.2, -0.15) is 0 Å². The maximum atomic E-state index is 11.0. The minimum atomic E-state index is 0.229. The molecule has 1 fully saturated rings. The van der Waals surface area contributed by atoms with Gasteiger partial charge in [-0.05, 0) is 53.1 Å². The van der Waals surface area contributed by atoms with Gasteiger partial charge in [-0.15, -0.1) is 0 Å². The van der Waals surface area contributed by atoms with Crippen molar-refractivity contribution in [3.63, 3.8) is 0 Å². The summed E-state index contributed by atoms with van der Waals surface area (Å²) in [6, 6.07) is 4.39. The molecule has 2 aromatic heterocycles. The van der Waals surface area contributed by atoms with Crippen LogP contribution in [0.5, 0.6) is 0 Å². The highest BCUT2D eigenvalue weighted by Gasteiger charge is 2.24. The minimum Gasteiger partial charge on any atom is -0.338 e. The first kappa shape index (κ1) is 11.0. The molecule has 1 saturated heterocycles. The lowest BCUT2D eigenvalue weighted by Crippen LogP contribution is -2.21. The molecule has 1 amide bonds. The van der Waals surface area contributed by atoms with Crippen molar-refractivity contribution in [3.05, 3.63) is 33.8 Å². The number of halogens is 1. The number of carbonyl (C=O) groups excluding carboxylic acids is 1. The van der Waals surface area contributed by atoms with Crippen molar-refractivity contribution in [1.82, 2.24) is 14.3 Å². The summed E-state index contributed by atoms with van der Waals surface area (Å²) in [5, 5.41) is 0. The molecule has 17 heavy (non-hydrogen) atoms. The zero-order valence-corrected chi connectivity index (χ0v) is 11.4. The molecule has 3 rings (SSSR count). The highest BCUT2D eigenvalue weighted by atomic mass is 127. The molecule has 1 aliphatic heterocycles. The van der Waals surface area contributed by atoms with E-state index in [0.717, 1.165) is 35.1 Å². The van der Waals surface area contributed by atoms with E-state index < -0.39 is 0 Å². The number of imidazole rings is 1. The molecule has 0 N–H and O–H groups in total. The Bertz CT molecular complexity index is 566. The van der Waals surface area contributed by atoms with Crippen molar-refractivity contribution < 1.29 is 4.79 Å². The number of pyridine rings is 1. The molecule has 3 heterocycles. The third kappa shape index (κ3) is 1.82. The topological polar surface area (TPSA) is 37.6 Å². The summed E-state index contributed by atoms with van der Waals surface area (Å²) in [6.45, 7) is 0.866. The summed E-state index contributed by atoms with van der Waals surface area (Å²) >= 11 is 2.26. The average molecular weight is 341 g/mol. The Morgan fingerprint density at radius 3 is 3.24 bits per heavy atom. The molecule has 0 radical (unpaired) electrons. The second-order valence-corrected chi connectivity index (χ2v) is 5.38. The fourth-order valence-corrected chi connectivity index (χ4v) is 2.99. The lowest BCUT2D eigenvalue weighted by atomic mass is 10.1. The number of hydrogen-bond donors (Lipinski definition) is 0. The van der Waals surface area contributed by atoms with Gasteiger partial charge < -0.3 is 4.90 Å². The van der Waals surface area contributed by atoms with Crippen LogP contribution >= 0.6 is 22.6 Å². The summed E-state index contributed by atoms with van der Waals surface area (Å²) in [5.74, 6) is 0. The van der Waals surface area contributed by atoms with Crippen molar-refractivity contribution in [2.75, 3.05) is 6.54 Å². The van der Waals surface area contributed by atoms with E-state index in [1.165, 1.54) is 5.56 Å². The summed E-state index contributed by atoms with van der Waals surface area (Å²) in [4.78, 5) is 17.2. The van der Waals surface area contributed by atoms with Gasteiger partial charge in [-0.3, -0.25) is 9.20 Å². The van der Waals surface area contributed by atoms with Crippen LogP contribution in [0.2, 0.25) is 0 Å². The van der Waals surface area contributed by atoms with Gasteiger partial charge in [0.15, 0.2) is 0 Å². The maximum Gasteiger partial charge on any atom is 0.210 e. The molecule has 0 aliphatic carbocycles. The van der Waals surface area contributed by atoms with Crippen LogP contribution in [0.3, 0.4) is 0 Å². The van der Waals surface area contributed by atoms with E-state index >= 15 is 0 Å². The van der Waals surface area contributed by atoms with Gasteiger partial charge >= 0.3 is 0 Å². The van der Waals surface area contributed by atoms with Crippen molar-refractivity contribution in [1.29, 1.82) is 0 Å². The third-order valence-electron chi connectivity index (χ3n) is 3.31. The van der Waals surface area contributed by atoms with Crippen LogP contribution in [0.15, 0.2) is 24.5 Å². The van der Waals surface area contributed by atoms with E-state index in [1.54, 1.807) is 0 Å². The lowest BCUT2D eigenvalue weighted by molar-refractivity contribution is -0.118. The van der Waals surface area contributed by atoms with Crippen molar-refractivity contribution in [2.24, 2.45) is 0 Å². The summed E-state index contributed by atoms with van der Waals surface area (Å²) < 4.78 is 3.15. The minimum absolute atomic E-state index is 0.229. The molecular weight excluding hydrogens is 329 g/mol. The molecule has 1 atom stereocenters. The summed E-state index contributed by atoms with van der Waals surface area (Å²) in [6.07, 6.45) is 6.97. The smallest absolute Gasteiger partial charge is 0.210 e. The van der Waals surface area contributed by atoms with Gasteiger partial charge in [0.25, 0.3) is 0 Å². The van der Waals surface area contributed by atoms with Crippen LogP contribution in [0.25, 0.3) is 5.65 Å². The normalized spacial score (nSPS) is 20.1. The van der Waals surface area contributed by atoms with Crippen molar-refractivity contribution in [2.45, 2.75) is 18.9 Å². The Hall–Kier alpha value is -1.11. The Balaban J connectivity index is 2.02. The Morgan fingerprint density at radius 1 is 1.53 bits per heavy atom.